The van der Waals surface area contributed by atoms with Gasteiger partial charge in [-0.1, -0.05) is 0 Å². The molecule has 188 valence electrons. The molecule has 1 unspecified atom stereocenters. The van der Waals surface area contributed by atoms with Crippen molar-refractivity contribution < 1.29 is 9.18 Å². The summed E-state index contributed by atoms with van der Waals surface area (Å²) >= 11 is 8.32. The molecule has 5 aromatic rings. The molecule has 7 heteroatoms. The fourth-order valence-electron chi connectivity index (χ4n) is 3.42. The average Bonchev–Trinajstić information content (AvgIpc) is 2.96. The van der Waals surface area contributed by atoms with Gasteiger partial charge in [0.25, 0.3) is 0 Å². The molecule has 0 amide bonds. The standard InChI is InChI=1S/C18H15Br2P.C7H5FO.C5H6NP/c19-21(20,16-10-4-1-5-11-16,17-12-6-2-7-13-17)18-14-8-3-9-15-18;8-7-3-1-6(5-9)2-4-7;7-5-1-3-6-4-2-5/h1-15H;1-5H;1-4H,7H2/i;8-1;. The molecule has 0 spiro atoms. The number of halogens is 3. The van der Waals surface area contributed by atoms with Crippen LogP contribution in [-0.2, 0) is 0 Å². The molecule has 37 heavy (non-hydrogen) atoms. The molecule has 0 radical (unpaired) electrons. The van der Waals surface area contributed by atoms with Crippen molar-refractivity contribution in [1.29, 1.82) is 0 Å². The maximum Gasteiger partial charge on any atom is 0.150 e. The van der Waals surface area contributed by atoms with Crippen molar-refractivity contribution in [2.45, 2.75) is 0 Å². The summed E-state index contributed by atoms with van der Waals surface area (Å²) in [5, 5.41) is 4.97. The summed E-state index contributed by atoms with van der Waals surface area (Å²) in [6.45, 7) is 0. The SMILES string of the molecule is BrP(Br)(c1ccccc1)(c1ccccc1)c1ccccc1.O=Cc1ccc([18F])cc1.Pc1ccncc1. The minimum absolute atomic E-state index is 0.319. The first kappa shape index (κ1) is 29.0. The third-order valence-electron chi connectivity index (χ3n) is 5.34. The largest absolute Gasteiger partial charge is 0.298 e. The maximum absolute atomic E-state index is 12.1. The molecular weight excluding hydrogens is 630 g/mol. The Hall–Kier alpha value is -2.55. The number of aromatic nitrogens is 1. The van der Waals surface area contributed by atoms with Gasteiger partial charge in [-0.25, -0.2) is 4.39 Å². The fourth-order valence-corrected chi connectivity index (χ4v) is 10.8. The molecule has 1 aromatic heterocycles. The van der Waals surface area contributed by atoms with Gasteiger partial charge < -0.3 is 0 Å². The zero-order valence-electron chi connectivity index (χ0n) is 19.9. The summed E-state index contributed by atoms with van der Waals surface area (Å²) in [6.07, 6.45) is 4.21. The summed E-state index contributed by atoms with van der Waals surface area (Å²) in [5.74, 6) is -0.319. The molecule has 0 aliphatic carbocycles. The smallest absolute Gasteiger partial charge is 0.150 e. The second-order valence-electron chi connectivity index (χ2n) is 7.86. The monoisotopic (exact) mass is 654 g/mol. The summed E-state index contributed by atoms with van der Waals surface area (Å²) in [7, 11) is 2.59. The molecule has 0 saturated carbocycles. The Morgan fingerprint density at radius 3 is 1.30 bits per heavy atom. The van der Waals surface area contributed by atoms with Crippen LogP contribution in [0.4, 0.5) is 4.39 Å². The second kappa shape index (κ2) is 13.8. The second-order valence-corrected chi connectivity index (χ2v) is 23.3. The van der Waals surface area contributed by atoms with Gasteiger partial charge in [0, 0.05) is 18.0 Å². The minimum atomic E-state index is -2.75. The van der Waals surface area contributed by atoms with Crippen LogP contribution in [0.3, 0.4) is 0 Å². The average molecular weight is 656 g/mol. The van der Waals surface area contributed by atoms with Gasteiger partial charge in [0.2, 0.25) is 0 Å². The molecule has 4 aromatic carbocycles. The van der Waals surface area contributed by atoms with Crippen molar-refractivity contribution in [1.82, 2.24) is 4.98 Å². The topological polar surface area (TPSA) is 30.0 Å². The van der Waals surface area contributed by atoms with E-state index in [-0.39, 0.29) is 5.82 Å². The number of benzene rings is 4. The normalized spacial score (nSPS) is 11.4. The van der Waals surface area contributed by atoms with E-state index in [0.29, 0.717) is 11.8 Å². The van der Waals surface area contributed by atoms with E-state index in [1.54, 1.807) is 12.4 Å². The number of carbonyl (C=O) groups excluding carboxylic acids is 1. The van der Waals surface area contributed by atoms with Crippen LogP contribution in [0.2, 0.25) is 0 Å². The van der Waals surface area contributed by atoms with Crippen LogP contribution in [0.15, 0.2) is 140 Å². The first-order valence-electron chi connectivity index (χ1n) is 11.3. The molecule has 1 heterocycles. The van der Waals surface area contributed by atoms with Crippen LogP contribution in [-0.4, -0.2) is 11.3 Å². The van der Waals surface area contributed by atoms with Gasteiger partial charge in [-0.3, -0.25) is 9.78 Å². The summed E-state index contributed by atoms with van der Waals surface area (Å²) in [5.41, 5.74) is 0.497. The predicted molar refractivity (Wildman–Crippen MR) is 168 cm³/mol. The van der Waals surface area contributed by atoms with Crippen LogP contribution in [0.5, 0.6) is 0 Å². The molecule has 0 bridgehead atoms. The number of carbonyl (C=O) groups is 1. The Labute approximate surface area is 236 Å². The van der Waals surface area contributed by atoms with E-state index >= 15 is 0 Å². The number of aldehydes is 1. The van der Waals surface area contributed by atoms with Crippen molar-refractivity contribution in [2.24, 2.45) is 0 Å². The predicted octanol–water partition coefficient (Wildman–Crippen LogP) is 7.36. The molecule has 1 atom stereocenters. The van der Waals surface area contributed by atoms with Crippen molar-refractivity contribution in [3.05, 3.63) is 151 Å². The third kappa shape index (κ3) is 7.72. The van der Waals surface area contributed by atoms with Crippen LogP contribution in [0, 0.1) is 5.82 Å². The summed E-state index contributed by atoms with van der Waals surface area (Å²) in [4.78, 5) is 13.8. The fraction of sp³-hybridized carbons (Fsp3) is 0. The van der Waals surface area contributed by atoms with Gasteiger partial charge in [0.15, 0.2) is 0 Å². The van der Waals surface area contributed by atoms with Gasteiger partial charge >= 0.3 is 142 Å². The van der Waals surface area contributed by atoms with Crippen molar-refractivity contribution >= 4 is 71.7 Å². The molecule has 0 fully saturated rings. The van der Waals surface area contributed by atoms with E-state index in [1.807, 2.05) is 12.1 Å². The zero-order valence-corrected chi connectivity index (χ0v) is 25.1. The first-order valence-corrected chi connectivity index (χ1v) is 18.2. The Morgan fingerprint density at radius 2 is 1.00 bits per heavy atom. The molecule has 0 saturated heterocycles. The van der Waals surface area contributed by atoms with Crippen LogP contribution >= 0.6 is 44.2 Å². The van der Waals surface area contributed by atoms with E-state index < -0.39 is 4.01 Å². The number of hydrogen-bond donors (Lipinski definition) is 0. The Kier molecular flexibility index (Phi) is 10.9. The van der Waals surface area contributed by atoms with Crippen LogP contribution < -0.4 is 21.2 Å². The molecule has 5 rings (SSSR count). The number of rotatable bonds is 4. The van der Waals surface area contributed by atoms with E-state index in [4.69, 9.17) is 0 Å². The molecule has 0 aliphatic heterocycles. The van der Waals surface area contributed by atoms with E-state index in [2.05, 4.69) is 136 Å². The van der Waals surface area contributed by atoms with Crippen molar-refractivity contribution in [3.63, 3.8) is 0 Å². The molecule has 2 nitrogen and oxygen atoms in total. The van der Waals surface area contributed by atoms with Gasteiger partial charge in [-0.05, 0) is 41.7 Å². The van der Waals surface area contributed by atoms with Gasteiger partial charge in [0.1, 0.15) is 12.1 Å². The third-order valence-corrected chi connectivity index (χ3v) is 16.7. The van der Waals surface area contributed by atoms with E-state index in [1.165, 1.54) is 45.5 Å². The molecule has 0 N–H and O–H groups in total. The Morgan fingerprint density at radius 1 is 0.622 bits per heavy atom. The Bertz CT molecular complexity index is 1270. The van der Waals surface area contributed by atoms with E-state index in [0.717, 1.165) is 0 Å². The first-order chi connectivity index (χ1) is 17.8. The minimum Gasteiger partial charge on any atom is -0.298 e. The number of pyridine rings is 1. The zero-order chi connectivity index (χ0) is 26.6. The number of hydrogen-bond acceptors (Lipinski definition) is 2. The maximum atomic E-state index is 12.1. The van der Waals surface area contributed by atoms with Crippen LogP contribution in [0.1, 0.15) is 10.4 Å². The van der Waals surface area contributed by atoms with Crippen LogP contribution in [0.25, 0.3) is 0 Å². The van der Waals surface area contributed by atoms with E-state index in [9.17, 15) is 9.18 Å². The molecule has 0 aliphatic rings. The van der Waals surface area contributed by atoms with Gasteiger partial charge in [-0.15, -0.1) is 9.24 Å². The summed E-state index contributed by atoms with van der Waals surface area (Å²) < 4.78 is 9.36. The summed E-state index contributed by atoms with van der Waals surface area (Å²) in [6, 6.07) is 41.0. The van der Waals surface area contributed by atoms with Crippen molar-refractivity contribution in [2.75, 3.05) is 0 Å². The van der Waals surface area contributed by atoms with Gasteiger partial charge in [0.05, 0.1) is 0 Å². The van der Waals surface area contributed by atoms with Crippen molar-refractivity contribution in [3.8, 4) is 0 Å². The van der Waals surface area contributed by atoms with Gasteiger partial charge in [-0.2, -0.15) is 0 Å². The number of nitrogens with zero attached hydrogens (tertiary/aromatic N) is 1. The molecular formula is C30H26Br2FNOP2. The quantitative estimate of drug-likeness (QED) is 0.150. The Balaban J connectivity index is 0.000000194.